The summed E-state index contributed by atoms with van der Waals surface area (Å²) in [6.07, 6.45) is 0. The van der Waals surface area contributed by atoms with Gasteiger partial charge in [-0.15, -0.1) is 0 Å². The van der Waals surface area contributed by atoms with Crippen LogP contribution in [0.3, 0.4) is 0 Å². The standard InChI is InChI=1S/C13H16N6OS/c1-7-8(2)21-13(16-7)19-11(15)18-12(20)17-10-5-3-4-9(14)6-10/h3-6H,14H2,1-2H3,(H4,15,16,17,18,19,20). The van der Waals surface area contributed by atoms with E-state index >= 15 is 0 Å². The van der Waals surface area contributed by atoms with E-state index in [0.29, 0.717) is 16.5 Å². The molecule has 8 heteroatoms. The number of thiazole rings is 1. The first-order valence-corrected chi connectivity index (χ1v) is 6.97. The van der Waals surface area contributed by atoms with Crippen LogP contribution in [-0.2, 0) is 0 Å². The molecule has 110 valence electrons. The smallest absolute Gasteiger partial charge is 0.325 e. The van der Waals surface area contributed by atoms with Crippen molar-refractivity contribution in [1.29, 1.82) is 0 Å². The first kappa shape index (κ1) is 14.8. The van der Waals surface area contributed by atoms with E-state index in [0.717, 1.165) is 10.6 Å². The van der Waals surface area contributed by atoms with Crippen molar-refractivity contribution in [2.45, 2.75) is 13.8 Å². The normalized spacial score (nSPS) is 11.2. The van der Waals surface area contributed by atoms with Gasteiger partial charge in [-0.25, -0.2) is 9.78 Å². The molecule has 7 nitrogen and oxygen atoms in total. The van der Waals surface area contributed by atoms with Gasteiger partial charge < -0.3 is 16.8 Å². The number of nitrogens with two attached hydrogens (primary N) is 2. The van der Waals surface area contributed by atoms with Gasteiger partial charge in [-0.2, -0.15) is 4.99 Å². The minimum absolute atomic E-state index is 0.0230. The van der Waals surface area contributed by atoms with Crippen molar-refractivity contribution in [3.05, 3.63) is 34.8 Å². The molecule has 0 aliphatic heterocycles. The monoisotopic (exact) mass is 304 g/mol. The summed E-state index contributed by atoms with van der Waals surface area (Å²) in [5.41, 5.74) is 13.3. The van der Waals surface area contributed by atoms with Crippen LogP contribution in [0.2, 0.25) is 0 Å². The number of aliphatic imine (C=N–C) groups is 1. The molecule has 1 heterocycles. The molecule has 0 bridgehead atoms. The average Bonchev–Trinajstić information content (AvgIpc) is 2.67. The summed E-state index contributed by atoms with van der Waals surface area (Å²) in [7, 11) is 0. The molecule has 2 amide bonds. The Morgan fingerprint density at radius 2 is 2.14 bits per heavy atom. The first-order chi connectivity index (χ1) is 9.94. The summed E-state index contributed by atoms with van der Waals surface area (Å²) in [6, 6.07) is 6.33. The quantitative estimate of drug-likeness (QED) is 0.386. The Morgan fingerprint density at radius 3 is 2.76 bits per heavy atom. The number of nitrogen functional groups attached to an aromatic ring is 1. The third-order valence-electron chi connectivity index (χ3n) is 2.62. The number of aromatic nitrogens is 1. The Kier molecular flexibility index (Phi) is 4.39. The van der Waals surface area contributed by atoms with Crippen molar-refractivity contribution in [2.75, 3.05) is 11.1 Å². The summed E-state index contributed by atoms with van der Waals surface area (Å²) < 4.78 is 0. The molecule has 0 aliphatic rings. The molecule has 21 heavy (non-hydrogen) atoms. The maximum absolute atomic E-state index is 11.8. The number of amides is 2. The lowest BCUT2D eigenvalue weighted by atomic mass is 10.3. The van der Waals surface area contributed by atoms with Gasteiger partial charge in [0, 0.05) is 16.3 Å². The van der Waals surface area contributed by atoms with E-state index in [2.05, 4.69) is 20.6 Å². The van der Waals surface area contributed by atoms with Crippen molar-refractivity contribution in [3.8, 4) is 0 Å². The Labute approximate surface area is 126 Å². The molecule has 6 N–H and O–H groups in total. The van der Waals surface area contributed by atoms with Crippen LogP contribution in [-0.4, -0.2) is 17.0 Å². The fourth-order valence-corrected chi connectivity index (χ4v) is 2.32. The van der Waals surface area contributed by atoms with Gasteiger partial charge in [0.2, 0.25) is 11.1 Å². The summed E-state index contributed by atoms with van der Waals surface area (Å²) in [6.45, 7) is 3.84. The lowest BCUT2D eigenvalue weighted by Crippen LogP contribution is -2.39. The van der Waals surface area contributed by atoms with Crippen LogP contribution in [0.1, 0.15) is 10.6 Å². The highest BCUT2D eigenvalue weighted by molar-refractivity contribution is 7.15. The Hall–Kier alpha value is -2.61. The van der Waals surface area contributed by atoms with E-state index in [9.17, 15) is 4.79 Å². The molecule has 0 aliphatic carbocycles. The molecular formula is C13H16N6OS. The third kappa shape index (κ3) is 4.18. The number of hydrogen-bond acceptors (Lipinski definition) is 5. The number of carbonyl (C=O) groups is 1. The zero-order chi connectivity index (χ0) is 15.4. The SMILES string of the molecule is Cc1nc(/N=C(\N)NC(=O)Nc2cccc(N)c2)sc1C. The highest BCUT2D eigenvalue weighted by atomic mass is 32.1. The van der Waals surface area contributed by atoms with Crippen molar-refractivity contribution in [1.82, 2.24) is 10.3 Å². The number of rotatable bonds is 2. The van der Waals surface area contributed by atoms with Gasteiger partial charge in [0.05, 0.1) is 5.69 Å². The molecule has 0 radical (unpaired) electrons. The lowest BCUT2D eigenvalue weighted by Gasteiger charge is -2.06. The number of nitrogens with zero attached hydrogens (tertiary/aromatic N) is 2. The minimum atomic E-state index is -0.494. The number of aryl methyl sites for hydroxylation is 2. The van der Waals surface area contributed by atoms with Gasteiger partial charge in [-0.1, -0.05) is 17.4 Å². The van der Waals surface area contributed by atoms with E-state index in [1.165, 1.54) is 11.3 Å². The summed E-state index contributed by atoms with van der Waals surface area (Å²) in [5, 5.41) is 5.54. The molecule has 0 saturated carbocycles. The highest BCUT2D eigenvalue weighted by Crippen LogP contribution is 2.23. The number of anilines is 2. The van der Waals surface area contributed by atoms with Gasteiger partial charge in [0.15, 0.2) is 0 Å². The van der Waals surface area contributed by atoms with Crippen molar-refractivity contribution in [2.24, 2.45) is 10.7 Å². The number of carbonyl (C=O) groups excluding carboxylic acids is 1. The Balaban J connectivity index is 1.98. The molecule has 0 saturated heterocycles. The Morgan fingerprint density at radius 1 is 1.38 bits per heavy atom. The molecular weight excluding hydrogens is 288 g/mol. The first-order valence-electron chi connectivity index (χ1n) is 6.16. The van der Waals surface area contributed by atoms with Gasteiger partial charge in [0.1, 0.15) is 0 Å². The summed E-state index contributed by atoms with van der Waals surface area (Å²) >= 11 is 1.41. The molecule has 0 fully saturated rings. The molecule has 1 aromatic heterocycles. The van der Waals surface area contributed by atoms with Crippen LogP contribution >= 0.6 is 11.3 Å². The van der Waals surface area contributed by atoms with Crippen LogP contribution in [0.25, 0.3) is 0 Å². The van der Waals surface area contributed by atoms with Gasteiger partial charge in [-0.05, 0) is 32.0 Å². The Bertz CT molecular complexity index is 674. The number of hydrogen-bond donors (Lipinski definition) is 4. The second-order valence-electron chi connectivity index (χ2n) is 4.34. The molecule has 0 unspecified atom stereocenters. The van der Waals surface area contributed by atoms with Crippen molar-refractivity contribution >= 4 is 39.8 Å². The predicted octanol–water partition coefficient (Wildman–Crippen LogP) is 2.11. The summed E-state index contributed by atoms with van der Waals surface area (Å²) in [4.78, 5) is 21.1. The zero-order valence-electron chi connectivity index (χ0n) is 11.7. The second-order valence-corrected chi connectivity index (χ2v) is 5.52. The lowest BCUT2D eigenvalue weighted by molar-refractivity contribution is 0.256. The minimum Gasteiger partial charge on any atom is -0.399 e. The average molecular weight is 304 g/mol. The zero-order valence-corrected chi connectivity index (χ0v) is 12.5. The molecule has 2 rings (SSSR count). The van der Waals surface area contributed by atoms with Crippen LogP contribution < -0.4 is 22.1 Å². The molecule has 1 aromatic carbocycles. The largest absolute Gasteiger partial charge is 0.399 e. The number of urea groups is 1. The fourth-order valence-electron chi connectivity index (χ4n) is 1.53. The summed E-state index contributed by atoms with van der Waals surface area (Å²) in [5.74, 6) is -0.0230. The molecule has 2 aromatic rings. The maximum atomic E-state index is 11.8. The van der Waals surface area contributed by atoms with Crippen LogP contribution in [0.5, 0.6) is 0 Å². The van der Waals surface area contributed by atoms with E-state index in [1.807, 2.05) is 13.8 Å². The number of guanidine groups is 1. The van der Waals surface area contributed by atoms with Crippen LogP contribution in [0.4, 0.5) is 21.3 Å². The maximum Gasteiger partial charge on any atom is 0.325 e. The molecule has 0 atom stereocenters. The number of nitrogens with one attached hydrogen (secondary N) is 2. The van der Waals surface area contributed by atoms with Gasteiger partial charge in [-0.3, -0.25) is 5.32 Å². The number of benzene rings is 1. The van der Waals surface area contributed by atoms with Gasteiger partial charge >= 0.3 is 6.03 Å². The van der Waals surface area contributed by atoms with Crippen molar-refractivity contribution in [3.63, 3.8) is 0 Å². The van der Waals surface area contributed by atoms with E-state index in [1.54, 1.807) is 24.3 Å². The second kappa shape index (κ2) is 6.23. The van der Waals surface area contributed by atoms with Crippen molar-refractivity contribution < 1.29 is 4.79 Å². The van der Waals surface area contributed by atoms with Gasteiger partial charge in [0.25, 0.3) is 0 Å². The third-order valence-corrected chi connectivity index (χ3v) is 3.59. The van der Waals surface area contributed by atoms with E-state index in [-0.39, 0.29) is 5.96 Å². The predicted molar refractivity (Wildman–Crippen MR) is 85.9 cm³/mol. The topological polar surface area (TPSA) is 118 Å². The van der Waals surface area contributed by atoms with E-state index in [4.69, 9.17) is 11.5 Å². The fraction of sp³-hybridized carbons (Fsp3) is 0.154. The van der Waals surface area contributed by atoms with Crippen LogP contribution in [0.15, 0.2) is 29.3 Å². The van der Waals surface area contributed by atoms with Crippen LogP contribution in [0, 0.1) is 13.8 Å². The molecule has 0 spiro atoms. The van der Waals surface area contributed by atoms with E-state index < -0.39 is 6.03 Å². The highest BCUT2D eigenvalue weighted by Gasteiger charge is 2.06.